The summed E-state index contributed by atoms with van der Waals surface area (Å²) in [6.07, 6.45) is 2.83. The van der Waals surface area contributed by atoms with E-state index >= 15 is 0 Å². The second-order valence-electron chi connectivity index (χ2n) is 9.84. The van der Waals surface area contributed by atoms with E-state index in [-0.39, 0.29) is 16.7 Å². The molecule has 0 saturated carbocycles. The van der Waals surface area contributed by atoms with Gasteiger partial charge in [0, 0.05) is 12.1 Å². The first kappa shape index (κ1) is 23.8. The van der Waals surface area contributed by atoms with Crippen LogP contribution in [-0.4, -0.2) is 28.2 Å². The average molecular weight is 434 g/mol. The topological polar surface area (TPSA) is 57.6 Å². The minimum absolute atomic E-state index is 0.0850. The molecule has 0 radical (unpaired) electrons. The van der Waals surface area contributed by atoms with Crippen molar-refractivity contribution in [2.45, 2.75) is 72.3 Å². The third kappa shape index (κ3) is 4.50. The highest BCUT2D eigenvalue weighted by molar-refractivity contribution is 6.46. The van der Waals surface area contributed by atoms with Crippen LogP contribution in [0.1, 0.15) is 80.8 Å². The Morgan fingerprint density at radius 3 is 2.31 bits per heavy atom. The number of ketones is 1. The maximum atomic E-state index is 13.2. The van der Waals surface area contributed by atoms with Gasteiger partial charge >= 0.3 is 0 Å². The third-order valence-corrected chi connectivity index (χ3v) is 6.38. The lowest BCUT2D eigenvalue weighted by molar-refractivity contribution is -0.139. The van der Waals surface area contributed by atoms with Crippen molar-refractivity contribution >= 4 is 17.4 Å². The highest BCUT2D eigenvalue weighted by atomic mass is 16.3. The van der Waals surface area contributed by atoms with Crippen LogP contribution in [0.25, 0.3) is 5.76 Å². The van der Waals surface area contributed by atoms with E-state index in [0.717, 1.165) is 41.5 Å². The van der Waals surface area contributed by atoms with Gasteiger partial charge in [0.1, 0.15) is 5.76 Å². The molecule has 1 atom stereocenters. The number of likely N-dealkylation sites (tertiary alicyclic amines) is 1. The molecule has 1 aliphatic heterocycles. The molecule has 0 bridgehead atoms. The Morgan fingerprint density at radius 2 is 1.69 bits per heavy atom. The maximum Gasteiger partial charge on any atom is 0.295 e. The molecule has 4 nitrogen and oxygen atoms in total. The van der Waals surface area contributed by atoms with Crippen LogP contribution in [0.2, 0.25) is 0 Å². The summed E-state index contributed by atoms with van der Waals surface area (Å²) in [5.74, 6) is -1.22. The number of Topliss-reactive ketones (excluding diaryl/α,β-unsaturated/α-hetero) is 1. The number of aliphatic hydroxyl groups excluding tert-OH is 1. The number of nitrogens with zero attached hydrogens (tertiary/aromatic N) is 1. The highest BCUT2D eigenvalue weighted by Gasteiger charge is 2.46. The minimum atomic E-state index is -0.604. The van der Waals surface area contributed by atoms with Gasteiger partial charge < -0.3 is 10.0 Å². The van der Waals surface area contributed by atoms with E-state index < -0.39 is 17.7 Å². The fourth-order valence-corrected chi connectivity index (χ4v) is 4.35. The summed E-state index contributed by atoms with van der Waals surface area (Å²) in [4.78, 5) is 28.0. The average Bonchev–Trinajstić information content (AvgIpc) is 2.98. The molecule has 32 heavy (non-hydrogen) atoms. The normalized spacial score (nSPS) is 18.4. The molecule has 1 saturated heterocycles. The lowest BCUT2D eigenvalue weighted by Gasteiger charge is -2.27. The van der Waals surface area contributed by atoms with Gasteiger partial charge in [-0.3, -0.25) is 9.59 Å². The Labute approximate surface area is 192 Å². The Bertz CT molecular complexity index is 1060. The van der Waals surface area contributed by atoms with Crippen molar-refractivity contribution in [3.05, 3.63) is 75.9 Å². The molecule has 1 unspecified atom stereocenters. The Balaban J connectivity index is 2.22. The van der Waals surface area contributed by atoms with E-state index in [0.29, 0.717) is 12.1 Å². The molecule has 2 aromatic carbocycles. The van der Waals surface area contributed by atoms with Crippen LogP contribution in [0.5, 0.6) is 0 Å². The first-order valence-corrected chi connectivity index (χ1v) is 11.5. The third-order valence-electron chi connectivity index (χ3n) is 6.38. The van der Waals surface area contributed by atoms with Crippen LogP contribution in [-0.2, 0) is 15.0 Å². The summed E-state index contributed by atoms with van der Waals surface area (Å²) < 4.78 is 0. The Hall–Kier alpha value is -2.88. The number of rotatable bonds is 6. The number of hydrogen-bond acceptors (Lipinski definition) is 3. The minimum Gasteiger partial charge on any atom is -0.507 e. The zero-order valence-corrected chi connectivity index (χ0v) is 20.2. The van der Waals surface area contributed by atoms with Crippen molar-refractivity contribution in [3.8, 4) is 0 Å². The van der Waals surface area contributed by atoms with E-state index in [1.165, 1.54) is 0 Å². The van der Waals surface area contributed by atoms with E-state index in [1.807, 2.05) is 56.3 Å². The number of carbonyl (C=O) groups excluding carboxylic acids is 2. The molecule has 1 aliphatic rings. The number of benzene rings is 2. The van der Waals surface area contributed by atoms with Crippen molar-refractivity contribution in [3.63, 3.8) is 0 Å². The molecule has 1 fully saturated rings. The zero-order valence-electron chi connectivity index (χ0n) is 20.2. The predicted molar refractivity (Wildman–Crippen MR) is 130 cm³/mol. The van der Waals surface area contributed by atoms with Crippen molar-refractivity contribution < 1.29 is 14.7 Å². The molecular formula is C28H35NO3. The molecule has 1 heterocycles. The lowest BCUT2D eigenvalue weighted by Crippen LogP contribution is -2.31. The fraction of sp³-hybridized carbons (Fsp3) is 0.429. The van der Waals surface area contributed by atoms with Crippen LogP contribution in [0.4, 0.5) is 0 Å². The molecule has 0 aromatic heterocycles. The molecule has 2 aromatic rings. The van der Waals surface area contributed by atoms with Gasteiger partial charge in [-0.1, -0.05) is 76.9 Å². The summed E-state index contributed by atoms with van der Waals surface area (Å²) >= 11 is 0. The van der Waals surface area contributed by atoms with Crippen LogP contribution in [0.15, 0.2) is 48.0 Å². The zero-order chi connectivity index (χ0) is 23.6. The summed E-state index contributed by atoms with van der Waals surface area (Å²) in [5.41, 5.74) is 4.51. The Kier molecular flexibility index (Phi) is 6.92. The van der Waals surface area contributed by atoms with Crippen molar-refractivity contribution in [1.82, 2.24) is 4.90 Å². The monoisotopic (exact) mass is 433 g/mol. The number of amides is 1. The summed E-state index contributed by atoms with van der Waals surface area (Å²) in [7, 11) is 0. The quantitative estimate of drug-likeness (QED) is 0.255. The lowest BCUT2D eigenvalue weighted by atomic mass is 9.84. The number of aryl methyl sites for hydroxylation is 2. The molecular weight excluding hydrogens is 398 g/mol. The standard InChI is InChI=1S/C28H35NO3/c1-7-8-11-16-29-24(21-13-10-9-12-18(21)2)23(26(31)27(29)32)25(30)22-17-20(28(4,5)6)15-14-19(22)3/h9-10,12-15,17,24,30H,7-8,11,16H2,1-6H3/b25-23+. The van der Waals surface area contributed by atoms with E-state index in [4.69, 9.17) is 0 Å². The van der Waals surface area contributed by atoms with Gasteiger partial charge in [-0.05, 0) is 54.0 Å². The fourth-order valence-electron chi connectivity index (χ4n) is 4.35. The molecule has 1 N–H and O–H groups in total. The van der Waals surface area contributed by atoms with Gasteiger partial charge in [-0.25, -0.2) is 0 Å². The Morgan fingerprint density at radius 1 is 1.00 bits per heavy atom. The van der Waals surface area contributed by atoms with Gasteiger partial charge in [-0.2, -0.15) is 0 Å². The predicted octanol–water partition coefficient (Wildman–Crippen LogP) is 6.21. The van der Waals surface area contributed by atoms with Gasteiger partial charge in [0.25, 0.3) is 11.7 Å². The second-order valence-corrected chi connectivity index (χ2v) is 9.84. The first-order chi connectivity index (χ1) is 15.1. The van der Waals surface area contributed by atoms with Crippen LogP contribution in [0, 0.1) is 13.8 Å². The number of hydrogen-bond donors (Lipinski definition) is 1. The molecule has 170 valence electrons. The van der Waals surface area contributed by atoms with Crippen molar-refractivity contribution in [2.24, 2.45) is 0 Å². The number of aliphatic hydroxyl groups is 1. The summed E-state index contributed by atoms with van der Waals surface area (Å²) in [6, 6.07) is 13.2. The van der Waals surface area contributed by atoms with Crippen molar-refractivity contribution in [2.75, 3.05) is 6.54 Å². The van der Waals surface area contributed by atoms with Crippen LogP contribution >= 0.6 is 0 Å². The molecule has 1 amide bonds. The molecule has 3 rings (SSSR count). The number of carbonyl (C=O) groups is 2. The van der Waals surface area contributed by atoms with Crippen LogP contribution < -0.4 is 0 Å². The van der Waals surface area contributed by atoms with Gasteiger partial charge in [0.2, 0.25) is 0 Å². The second kappa shape index (κ2) is 9.32. The van der Waals surface area contributed by atoms with Gasteiger partial charge in [-0.15, -0.1) is 0 Å². The van der Waals surface area contributed by atoms with Crippen molar-refractivity contribution in [1.29, 1.82) is 0 Å². The van der Waals surface area contributed by atoms with Crippen LogP contribution in [0.3, 0.4) is 0 Å². The molecule has 0 aliphatic carbocycles. The van der Waals surface area contributed by atoms with E-state index in [1.54, 1.807) is 4.90 Å². The first-order valence-electron chi connectivity index (χ1n) is 11.5. The summed E-state index contributed by atoms with van der Waals surface area (Å²) in [5, 5.41) is 11.5. The SMILES string of the molecule is CCCCCN1C(=O)C(=O)/C(=C(/O)c2cc(C(C)(C)C)ccc2C)C1c1ccccc1C. The number of unbranched alkanes of at least 4 members (excludes halogenated alkanes) is 2. The van der Waals surface area contributed by atoms with Gasteiger partial charge in [0.15, 0.2) is 0 Å². The highest BCUT2D eigenvalue weighted by Crippen LogP contribution is 2.41. The largest absolute Gasteiger partial charge is 0.507 e. The smallest absolute Gasteiger partial charge is 0.295 e. The maximum absolute atomic E-state index is 13.2. The molecule has 4 heteroatoms. The molecule has 0 spiro atoms. The van der Waals surface area contributed by atoms with E-state index in [2.05, 4.69) is 27.7 Å². The summed E-state index contributed by atoms with van der Waals surface area (Å²) in [6.45, 7) is 12.8. The van der Waals surface area contributed by atoms with Gasteiger partial charge in [0.05, 0.1) is 11.6 Å². The van der Waals surface area contributed by atoms with E-state index in [9.17, 15) is 14.7 Å².